The van der Waals surface area contributed by atoms with Crippen molar-refractivity contribution in [2.75, 3.05) is 33.2 Å². The molecule has 1 atom stereocenters. The molecular formula is C15H24FN3. The van der Waals surface area contributed by atoms with Crippen LogP contribution in [-0.4, -0.2) is 43.7 Å². The lowest BCUT2D eigenvalue weighted by molar-refractivity contribution is 0.0698. The first kappa shape index (κ1) is 14.4. The van der Waals surface area contributed by atoms with Gasteiger partial charge in [0.05, 0.1) is 0 Å². The molecule has 1 heterocycles. The van der Waals surface area contributed by atoms with Crippen molar-refractivity contribution < 1.29 is 4.39 Å². The van der Waals surface area contributed by atoms with Crippen molar-refractivity contribution in [3.8, 4) is 0 Å². The molecule has 1 aromatic rings. The highest BCUT2D eigenvalue weighted by Crippen LogP contribution is 2.31. The Kier molecular flexibility index (Phi) is 4.55. The minimum absolute atomic E-state index is 0.0509. The lowest BCUT2D eigenvalue weighted by atomic mass is 9.86. The predicted molar refractivity (Wildman–Crippen MR) is 76.7 cm³/mol. The Bertz CT molecular complexity index is 414. The molecule has 1 saturated heterocycles. The van der Waals surface area contributed by atoms with Crippen LogP contribution in [0.15, 0.2) is 24.3 Å². The van der Waals surface area contributed by atoms with Crippen molar-refractivity contribution in [2.45, 2.75) is 25.4 Å². The normalized spacial score (nSPS) is 19.4. The van der Waals surface area contributed by atoms with Gasteiger partial charge in [0.1, 0.15) is 5.82 Å². The van der Waals surface area contributed by atoms with E-state index in [9.17, 15) is 4.39 Å². The van der Waals surface area contributed by atoms with Gasteiger partial charge >= 0.3 is 0 Å². The SMILES string of the molecule is CNC(c1cccc(F)c1)C(C)(C)N1CCNCC1. The van der Waals surface area contributed by atoms with Crippen LogP contribution in [0.25, 0.3) is 0 Å². The highest BCUT2D eigenvalue weighted by molar-refractivity contribution is 5.23. The molecule has 0 radical (unpaired) electrons. The highest BCUT2D eigenvalue weighted by Gasteiger charge is 2.36. The Labute approximate surface area is 115 Å². The second kappa shape index (κ2) is 5.99. The van der Waals surface area contributed by atoms with E-state index in [0.717, 1.165) is 31.7 Å². The van der Waals surface area contributed by atoms with Gasteiger partial charge < -0.3 is 10.6 Å². The molecule has 1 fully saturated rings. The summed E-state index contributed by atoms with van der Waals surface area (Å²) in [4.78, 5) is 2.47. The van der Waals surface area contributed by atoms with Crippen molar-refractivity contribution >= 4 is 0 Å². The van der Waals surface area contributed by atoms with Gasteiger partial charge in [-0.1, -0.05) is 12.1 Å². The van der Waals surface area contributed by atoms with Gasteiger partial charge in [0.25, 0.3) is 0 Å². The third-order valence-electron chi connectivity index (χ3n) is 4.11. The molecule has 1 aliphatic rings. The van der Waals surface area contributed by atoms with Crippen molar-refractivity contribution in [3.63, 3.8) is 0 Å². The molecule has 4 heteroatoms. The van der Waals surface area contributed by atoms with E-state index in [0.29, 0.717) is 0 Å². The van der Waals surface area contributed by atoms with Crippen molar-refractivity contribution in [1.82, 2.24) is 15.5 Å². The third-order valence-corrected chi connectivity index (χ3v) is 4.11. The van der Waals surface area contributed by atoms with Gasteiger partial charge in [-0.05, 0) is 38.6 Å². The number of rotatable bonds is 4. The van der Waals surface area contributed by atoms with Crippen LogP contribution in [0.4, 0.5) is 4.39 Å². The molecule has 0 spiro atoms. The average Bonchev–Trinajstić information content (AvgIpc) is 2.40. The van der Waals surface area contributed by atoms with Crippen molar-refractivity contribution in [3.05, 3.63) is 35.6 Å². The third kappa shape index (κ3) is 3.14. The van der Waals surface area contributed by atoms with Crippen LogP contribution in [0.2, 0.25) is 0 Å². The molecule has 19 heavy (non-hydrogen) atoms. The number of piperazine rings is 1. The fraction of sp³-hybridized carbons (Fsp3) is 0.600. The van der Waals surface area contributed by atoms with E-state index in [1.165, 1.54) is 6.07 Å². The molecule has 0 aliphatic carbocycles. The number of hydrogen-bond donors (Lipinski definition) is 2. The standard InChI is InChI=1S/C15H24FN3/c1-15(2,19-9-7-18-8-10-19)14(17-3)12-5-4-6-13(16)11-12/h4-6,11,14,17-18H,7-10H2,1-3H3. The number of nitrogens with zero attached hydrogens (tertiary/aromatic N) is 1. The maximum absolute atomic E-state index is 13.4. The Morgan fingerprint density at radius 1 is 1.32 bits per heavy atom. The zero-order chi connectivity index (χ0) is 13.9. The fourth-order valence-corrected chi connectivity index (χ4v) is 3.04. The second-order valence-electron chi connectivity index (χ2n) is 5.67. The van der Waals surface area contributed by atoms with Crippen LogP contribution in [0.3, 0.4) is 0 Å². The summed E-state index contributed by atoms with van der Waals surface area (Å²) < 4.78 is 13.4. The van der Waals surface area contributed by atoms with Crippen LogP contribution in [0, 0.1) is 5.82 Å². The lowest BCUT2D eigenvalue weighted by Crippen LogP contribution is -2.58. The van der Waals surface area contributed by atoms with Crippen LogP contribution in [0.1, 0.15) is 25.5 Å². The summed E-state index contributed by atoms with van der Waals surface area (Å²) >= 11 is 0. The van der Waals surface area contributed by atoms with Gasteiger partial charge in [0.2, 0.25) is 0 Å². The fourth-order valence-electron chi connectivity index (χ4n) is 3.04. The quantitative estimate of drug-likeness (QED) is 0.869. The van der Waals surface area contributed by atoms with Gasteiger partial charge in [-0.25, -0.2) is 4.39 Å². The zero-order valence-corrected chi connectivity index (χ0v) is 12.0. The van der Waals surface area contributed by atoms with Gasteiger partial charge in [-0.15, -0.1) is 0 Å². The monoisotopic (exact) mass is 265 g/mol. The lowest BCUT2D eigenvalue weighted by Gasteiger charge is -2.46. The molecular weight excluding hydrogens is 241 g/mol. The van der Waals surface area contributed by atoms with Crippen LogP contribution in [0.5, 0.6) is 0 Å². The number of likely N-dealkylation sites (N-methyl/N-ethyl adjacent to an activating group) is 1. The Morgan fingerprint density at radius 3 is 2.58 bits per heavy atom. The van der Waals surface area contributed by atoms with Crippen molar-refractivity contribution in [1.29, 1.82) is 0 Å². The number of benzene rings is 1. The van der Waals surface area contributed by atoms with E-state index in [4.69, 9.17) is 0 Å². The van der Waals surface area contributed by atoms with E-state index < -0.39 is 0 Å². The Hall–Kier alpha value is -0.970. The van der Waals surface area contributed by atoms with Gasteiger partial charge in [-0.2, -0.15) is 0 Å². The molecule has 1 aromatic carbocycles. The molecule has 0 saturated carbocycles. The van der Waals surface area contributed by atoms with Crippen LogP contribution < -0.4 is 10.6 Å². The molecule has 0 aromatic heterocycles. The minimum atomic E-state index is -0.172. The zero-order valence-electron chi connectivity index (χ0n) is 12.0. The first-order chi connectivity index (χ1) is 9.05. The average molecular weight is 265 g/mol. The molecule has 1 aliphatic heterocycles. The molecule has 2 rings (SSSR count). The first-order valence-corrected chi connectivity index (χ1v) is 6.94. The molecule has 106 valence electrons. The summed E-state index contributed by atoms with van der Waals surface area (Å²) in [5, 5.41) is 6.72. The molecule has 1 unspecified atom stereocenters. The predicted octanol–water partition coefficient (Wildman–Crippen LogP) is 1.77. The maximum atomic E-state index is 13.4. The largest absolute Gasteiger partial charge is 0.314 e. The topological polar surface area (TPSA) is 27.3 Å². The van der Waals surface area contributed by atoms with E-state index in [-0.39, 0.29) is 17.4 Å². The molecule has 2 N–H and O–H groups in total. The summed E-state index contributed by atoms with van der Waals surface area (Å²) in [6.07, 6.45) is 0. The molecule has 0 bridgehead atoms. The van der Waals surface area contributed by atoms with Gasteiger partial charge in [-0.3, -0.25) is 4.90 Å². The summed E-state index contributed by atoms with van der Waals surface area (Å²) in [6.45, 7) is 8.54. The number of nitrogens with one attached hydrogen (secondary N) is 2. The highest BCUT2D eigenvalue weighted by atomic mass is 19.1. The Morgan fingerprint density at radius 2 is 2.00 bits per heavy atom. The van der Waals surface area contributed by atoms with E-state index in [1.54, 1.807) is 12.1 Å². The van der Waals surface area contributed by atoms with Gasteiger partial charge in [0, 0.05) is 37.8 Å². The summed E-state index contributed by atoms with van der Waals surface area (Å²) in [5.74, 6) is -0.172. The van der Waals surface area contributed by atoms with Gasteiger partial charge in [0.15, 0.2) is 0 Å². The minimum Gasteiger partial charge on any atom is -0.314 e. The van der Waals surface area contributed by atoms with Crippen LogP contribution in [-0.2, 0) is 0 Å². The van der Waals surface area contributed by atoms with Crippen LogP contribution >= 0.6 is 0 Å². The smallest absolute Gasteiger partial charge is 0.123 e. The van der Waals surface area contributed by atoms with E-state index >= 15 is 0 Å². The summed E-state index contributed by atoms with van der Waals surface area (Å²) in [5.41, 5.74) is 0.955. The second-order valence-corrected chi connectivity index (χ2v) is 5.67. The van der Waals surface area contributed by atoms with Crippen molar-refractivity contribution in [2.24, 2.45) is 0 Å². The Balaban J connectivity index is 2.24. The summed E-state index contributed by atoms with van der Waals surface area (Å²) in [7, 11) is 1.94. The molecule has 3 nitrogen and oxygen atoms in total. The number of hydrogen-bond acceptors (Lipinski definition) is 3. The van der Waals surface area contributed by atoms with E-state index in [2.05, 4.69) is 29.4 Å². The summed E-state index contributed by atoms with van der Waals surface area (Å²) in [6, 6.07) is 7.01. The first-order valence-electron chi connectivity index (χ1n) is 6.94. The molecule has 0 amide bonds. The number of halogens is 1. The maximum Gasteiger partial charge on any atom is 0.123 e. The van der Waals surface area contributed by atoms with E-state index in [1.807, 2.05) is 13.1 Å².